The summed E-state index contributed by atoms with van der Waals surface area (Å²) in [7, 11) is 1.77. The number of hydrogen-bond donors (Lipinski definition) is 0. The maximum Gasteiger partial charge on any atom is 0.255 e. The highest BCUT2D eigenvalue weighted by molar-refractivity contribution is 6.42. The molecule has 0 radical (unpaired) electrons. The van der Waals surface area contributed by atoms with Crippen LogP contribution in [0.3, 0.4) is 0 Å². The van der Waals surface area contributed by atoms with Crippen molar-refractivity contribution < 1.29 is 9.59 Å². The molecule has 2 aromatic carbocycles. The predicted molar refractivity (Wildman–Crippen MR) is 145 cm³/mol. The van der Waals surface area contributed by atoms with Gasteiger partial charge in [0.25, 0.3) is 5.91 Å². The Morgan fingerprint density at radius 2 is 1.81 bits per heavy atom. The van der Waals surface area contributed by atoms with Crippen LogP contribution in [0.1, 0.15) is 77.6 Å². The Balaban J connectivity index is 1.67. The van der Waals surface area contributed by atoms with E-state index >= 15 is 0 Å². The van der Waals surface area contributed by atoms with Crippen molar-refractivity contribution in [1.29, 1.82) is 5.26 Å². The van der Waals surface area contributed by atoms with Gasteiger partial charge in [0.1, 0.15) is 0 Å². The molecule has 1 aromatic heterocycles. The first kappa shape index (κ1) is 26.3. The van der Waals surface area contributed by atoms with E-state index in [9.17, 15) is 14.9 Å². The van der Waals surface area contributed by atoms with Crippen LogP contribution in [0, 0.1) is 29.6 Å². The molecule has 36 heavy (non-hydrogen) atoms. The molecular weight excluding hydrogens is 493 g/mol. The molecule has 188 valence electrons. The first-order chi connectivity index (χ1) is 17.0. The number of carbonyl (C=O) groups is 2. The van der Waals surface area contributed by atoms with Gasteiger partial charge in [0.2, 0.25) is 5.78 Å². The number of fused-ring (bicyclic) bond motifs is 1. The van der Waals surface area contributed by atoms with Gasteiger partial charge in [0.05, 0.1) is 38.5 Å². The van der Waals surface area contributed by atoms with Gasteiger partial charge in [-0.15, -0.1) is 0 Å². The summed E-state index contributed by atoms with van der Waals surface area (Å²) < 4.78 is 1.74. The smallest absolute Gasteiger partial charge is 0.255 e. The van der Waals surface area contributed by atoms with E-state index in [4.69, 9.17) is 23.2 Å². The van der Waals surface area contributed by atoms with Crippen LogP contribution < -0.4 is 0 Å². The topological polar surface area (TPSA) is 66.1 Å². The molecule has 2 heterocycles. The summed E-state index contributed by atoms with van der Waals surface area (Å²) in [5.74, 6) is 0.0329. The highest BCUT2D eigenvalue weighted by Crippen LogP contribution is 2.38. The number of hydrogen-bond acceptors (Lipinski definition) is 3. The fourth-order valence-corrected chi connectivity index (χ4v) is 5.89. The van der Waals surface area contributed by atoms with Gasteiger partial charge in [0, 0.05) is 31.0 Å². The predicted octanol–water partition coefficient (Wildman–Crippen LogP) is 7.18. The number of halogens is 2. The third kappa shape index (κ3) is 4.53. The number of likely N-dealkylation sites (tertiary alicyclic amines) is 1. The number of benzene rings is 2. The van der Waals surface area contributed by atoms with E-state index in [-0.39, 0.29) is 32.7 Å². The van der Waals surface area contributed by atoms with E-state index in [0.29, 0.717) is 35.8 Å². The van der Waals surface area contributed by atoms with Crippen LogP contribution in [0.15, 0.2) is 30.3 Å². The zero-order valence-corrected chi connectivity index (χ0v) is 22.9. The molecule has 5 nitrogen and oxygen atoms in total. The lowest BCUT2D eigenvalue weighted by molar-refractivity contribution is 0.0580. The molecule has 1 aliphatic heterocycles. The minimum Gasteiger partial charge on any atom is -0.341 e. The van der Waals surface area contributed by atoms with Gasteiger partial charge < -0.3 is 9.47 Å². The molecule has 1 fully saturated rings. The molecule has 3 aromatic rings. The molecule has 0 aliphatic carbocycles. The standard InChI is InChI=1S/C29H31Cl2N3O2/c1-6-29(3,4)19-9-11-34(12-10-19)28(36)20-7-8-22(30)25(26(20)31)27(35)24-15-21-17(2)13-18(16-32)14-23(21)33(24)5/h7-8,13-15,19H,6,9-12H2,1-5H3. The van der Waals surface area contributed by atoms with Gasteiger partial charge in [-0.05, 0) is 67.0 Å². The van der Waals surface area contributed by atoms with E-state index in [0.717, 1.165) is 35.7 Å². The lowest BCUT2D eigenvalue weighted by Crippen LogP contribution is -2.42. The molecule has 0 N–H and O–H groups in total. The van der Waals surface area contributed by atoms with Crippen LogP contribution in [-0.4, -0.2) is 34.2 Å². The van der Waals surface area contributed by atoms with Crippen molar-refractivity contribution in [2.75, 3.05) is 13.1 Å². The Hall–Kier alpha value is -2.81. The number of nitrogens with zero attached hydrogens (tertiary/aromatic N) is 3. The number of aromatic nitrogens is 1. The lowest BCUT2D eigenvalue weighted by atomic mass is 9.72. The van der Waals surface area contributed by atoms with Crippen molar-refractivity contribution in [2.24, 2.45) is 18.4 Å². The summed E-state index contributed by atoms with van der Waals surface area (Å²) in [6.07, 6.45) is 3.00. The molecule has 0 saturated carbocycles. The Labute approximate surface area is 222 Å². The number of carbonyl (C=O) groups excluding carboxylic acids is 2. The summed E-state index contributed by atoms with van der Waals surface area (Å²) in [6, 6.07) is 10.7. The molecule has 0 spiro atoms. The third-order valence-electron chi connectivity index (χ3n) is 8.08. The quantitative estimate of drug-likeness (QED) is 0.332. The number of amides is 1. The van der Waals surface area contributed by atoms with Crippen molar-refractivity contribution >= 4 is 45.8 Å². The maximum atomic E-state index is 13.7. The summed E-state index contributed by atoms with van der Waals surface area (Å²) in [5, 5.41) is 10.5. The average molecular weight is 524 g/mol. The van der Waals surface area contributed by atoms with Gasteiger partial charge >= 0.3 is 0 Å². The van der Waals surface area contributed by atoms with Crippen molar-refractivity contribution in [2.45, 2.75) is 47.0 Å². The SMILES string of the molecule is CCC(C)(C)C1CCN(C(=O)c2ccc(Cl)c(C(=O)c3cc4c(C)cc(C#N)cc4n3C)c2Cl)CC1. The summed E-state index contributed by atoms with van der Waals surface area (Å²) >= 11 is 13.2. The Bertz CT molecular complexity index is 1410. The highest BCUT2D eigenvalue weighted by Gasteiger charge is 2.34. The first-order valence-corrected chi connectivity index (χ1v) is 13.1. The van der Waals surface area contributed by atoms with E-state index in [1.54, 1.807) is 41.9 Å². The number of rotatable bonds is 5. The van der Waals surface area contributed by atoms with E-state index in [1.807, 2.05) is 11.8 Å². The molecule has 0 unspecified atom stereocenters. The van der Waals surface area contributed by atoms with Crippen LogP contribution in [-0.2, 0) is 7.05 Å². The van der Waals surface area contributed by atoms with Crippen LogP contribution in [0.4, 0.5) is 0 Å². The van der Waals surface area contributed by atoms with Crippen LogP contribution in [0.2, 0.25) is 10.0 Å². The van der Waals surface area contributed by atoms with Crippen molar-refractivity contribution in [3.63, 3.8) is 0 Å². The van der Waals surface area contributed by atoms with E-state index < -0.39 is 0 Å². The minimum absolute atomic E-state index is 0.0770. The monoisotopic (exact) mass is 523 g/mol. The minimum atomic E-state index is -0.361. The van der Waals surface area contributed by atoms with E-state index in [1.165, 1.54) is 0 Å². The zero-order valence-electron chi connectivity index (χ0n) is 21.4. The van der Waals surface area contributed by atoms with Crippen LogP contribution in [0.25, 0.3) is 10.9 Å². The highest BCUT2D eigenvalue weighted by atomic mass is 35.5. The van der Waals surface area contributed by atoms with Gasteiger partial charge in [-0.2, -0.15) is 5.26 Å². The Morgan fingerprint density at radius 3 is 2.42 bits per heavy atom. The molecule has 7 heteroatoms. The first-order valence-electron chi connectivity index (χ1n) is 12.3. The van der Waals surface area contributed by atoms with Crippen molar-refractivity contribution in [3.05, 3.63) is 68.3 Å². The number of ketones is 1. The van der Waals surface area contributed by atoms with Gasteiger partial charge in [-0.1, -0.05) is 50.4 Å². The van der Waals surface area contributed by atoms with Crippen LogP contribution in [0.5, 0.6) is 0 Å². The third-order valence-corrected chi connectivity index (χ3v) is 8.79. The van der Waals surface area contributed by atoms with Crippen molar-refractivity contribution in [3.8, 4) is 6.07 Å². The molecule has 0 bridgehead atoms. The van der Waals surface area contributed by atoms with Gasteiger partial charge in [-0.3, -0.25) is 9.59 Å². The summed E-state index contributed by atoms with van der Waals surface area (Å²) in [5.41, 5.74) is 3.24. The normalized spacial score (nSPS) is 14.8. The Kier molecular flexibility index (Phi) is 7.23. The lowest BCUT2D eigenvalue weighted by Gasteiger charge is -2.40. The zero-order chi connectivity index (χ0) is 26.4. The van der Waals surface area contributed by atoms with Gasteiger partial charge in [-0.25, -0.2) is 0 Å². The number of piperidine rings is 1. The number of aryl methyl sites for hydroxylation is 2. The van der Waals surface area contributed by atoms with Crippen LogP contribution >= 0.6 is 23.2 Å². The molecular formula is C29H31Cl2N3O2. The second-order valence-corrected chi connectivity index (χ2v) is 11.2. The van der Waals surface area contributed by atoms with Crippen molar-refractivity contribution in [1.82, 2.24) is 9.47 Å². The largest absolute Gasteiger partial charge is 0.341 e. The van der Waals surface area contributed by atoms with E-state index in [2.05, 4.69) is 26.8 Å². The summed E-state index contributed by atoms with van der Waals surface area (Å²) in [6.45, 7) is 10.0. The molecule has 1 saturated heterocycles. The average Bonchev–Trinajstić information content (AvgIpc) is 3.20. The molecule has 1 amide bonds. The molecule has 1 aliphatic rings. The fraction of sp³-hybridized carbons (Fsp3) is 0.414. The van der Waals surface area contributed by atoms with Gasteiger partial charge in [0.15, 0.2) is 0 Å². The maximum absolute atomic E-state index is 13.7. The number of nitriles is 1. The Morgan fingerprint density at radius 1 is 1.14 bits per heavy atom. The fourth-order valence-electron chi connectivity index (χ4n) is 5.27. The molecule has 0 atom stereocenters. The molecule has 4 rings (SSSR count). The summed E-state index contributed by atoms with van der Waals surface area (Å²) in [4.78, 5) is 29.0. The second-order valence-electron chi connectivity index (χ2n) is 10.4. The second kappa shape index (κ2) is 9.92.